The minimum absolute atomic E-state index is 0.00541. The molecule has 0 aromatic heterocycles. The highest BCUT2D eigenvalue weighted by Gasteiger charge is 2.42. The van der Waals surface area contributed by atoms with E-state index in [0.717, 1.165) is 5.56 Å². The van der Waals surface area contributed by atoms with Crippen molar-refractivity contribution >= 4 is 5.78 Å². The largest absolute Gasteiger partial charge is 0.481 e. The molecule has 1 aromatic carbocycles. The Hall–Kier alpha value is -3.18. The molecule has 0 spiro atoms. The molecular formula is C21H20N2O3. The highest BCUT2D eigenvalue weighted by Crippen LogP contribution is 2.47. The number of nitrogens with zero attached hydrogens (tertiary/aromatic N) is 1. The summed E-state index contributed by atoms with van der Waals surface area (Å²) in [6, 6.07) is 9.30. The summed E-state index contributed by atoms with van der Waals surface area (Å²) in [6.45, 7) is 4.21. The smallest absolute Gasteiger partial charge is 0.205 e. The molecular weight excluding hydrogens is 328 g/mol. The normalized spacial score (nSPS) is 21.4. The van der Waals surface area contributed by atoms with Crippen LogP contribution in [-0.4, -0.2) is 12.4 Å². The monoisotopic (exact) mass is 348 g/mol. The summed E-state index contributed by atoms with van der Waals surface area (Å²) in [7, 11) is 0. The number of Topliss-reactive ketones (excluding diaryl/α,β-unsaturated/α-hetero) is 1. The van der Waals surface area contributed by atoms with Crippen LogP contribution >= 0.6 is 0 Å². The highest BCUT2D eigenvalue weighted by molar-refractivity contribution is 6.00. The standard InChI is InChI=1S/C21H20N2O3/c1-4-9-25-14-7-5-13(6-8-14)18-15(12-22)20(23)26-17-11-21(2,3)10-16(24)19(17)18/h1,5-8,18H,9-11,23H2,2-3H3. The zero-order chi connectivity index (χ0) is 18.9. The SMILES string of the molecule is C#CCOc1ccc(C2C(C#N)=C(N)OC3=C2C(=O)CC(C)(C)C3)cc1. The number of ether oxygens (including phenoxy) is 2. The van der Waals surface area contributed by atoms with E-state index in [1.54, 1.807) is 12.1 Å². The van der Waals surface area contributed by atoms with Crippen LogP contribution in [0.5, 0.6) is 5.75 Å². The van der Waals surface area contributed by atoms with E-state index in [4.69, 9.17) is 21.6 Å². The van der Waals surface area contributed by atoms with Gasteiger partial charge in [0.1, 0.15) is 29.8 Å². The fraction of sp³-hybridized carbons (Fsp3) is 0.333. The van der Waals surface area contributed by atoms with E-state index < -0.39 is 5.92 Å². The number of nitriles is 1. The van der Waals surface area contributed by atoms with Gasteiger partial charge in [-0.3, -0.25) is 4.79 Å². The fourth-order valence-electron chi connectivity index (χ4n) is 3.50. The molecule has 132 valence electrons. The molecule has 1 heterocycles. The van der Waals surface area contributed by atoms with Crippen molar-refractivity contribution in [2.45, 2.75) is 32.6 Å². The first-order valence-corrected chi connectivity index (χ1v) is 8.36. The van der Waals surface area contributed by atoms with E-state index in [1.807, 2.05) is 26.0 Å². The van der Waals surface area contributed by atoms with E-state index in [-0.39, 0.29) is 29.3 Å². The molecule has 5 heteroatoms. The maximum atomic E-state index is 12.8. The van der Waals surface area contributed by atoms with E-state index >= 15 is 0 Å². The van der Waals surface area contributed by atoms with Crippen molar-refractivity contribution in [3.05, 3.63) is 52.6 Å². The van der Waals surface area contributed by atoms with Gasteiger partial charge in [0.25, 0.3) is 0 Å². The second-order valence-corrected chi connectivity index (χ2v) is 7.26. The van der Waals surface area contributed by atoms with Crippen molar-refractivity contribution < 1.29 is 14.3 Å². The Balaban J connectivity index is 2.05. The Morgan fingerprint density at radius 3 is 2.65 bits per heavy atom. The molecule has 3 rings (SSSR count). The predicted molar refractivity (Wildman–Crippen MR) is 96.5 cm³/mol. The number of rotatable bonds is 3. The van der Waals surface area contributed by atoms with Crippen LogP contribution in [0.3, 0.4) is 0 Å². The molecule has 2 aliphatic rings. The Morgan fingerprint density at radius 1 is 1.35 bits per heavy atom. The van der Waals surface area contributed by atoms with Crippen LogP contribution in [0.1, 0.15) is 38.2 Å². The van der Waals surface area contributed by atoms with Crippen LogP contribution in [0, 0.1) is 29.1 Å². The number of terminal acetylenes is 1. The summed E-state index contributed by atoms with van der Waals surface area (Å²) in [5.74, 6) is 3.14. The first-order valence-electron chi connectivity index (χ1n) is 8.36. The van der Waals surface area contributed by atoms with Crippen LogP contribution in [0.2, 0.25) is 0 Å². The van der Waals surface area contributed by atoms with Gasteiger partial charge < -0.3 is 15.2 Å². The number of allylic oxidation sites excluding steroid dienone is 3. The minimum Gasteiger partial charge on any atom is -0.481 e. The van der Waals surface area contributed by atoms with Crippen LogP contribution < -0.4 is 10.5 Å². The van der Waals surface area contributed by atoms with Gasteiger partial charge in [-0.1, -0.05) is 31.9 Å². The Labute approximate surface area is 153 Å². The Morgan fingerprint density at radius 2 is 2.04 bits per heavy atom. The van der Waals surface area contributed by atoms with Gasteiger partial charge in [-0.25, -0.2) is 0 Å². The van der Waals surface area contributed by atoms with Crippen molar-refractivity contribution in [1.82, 2.24) is 0 Å². The van der Waals surface area contributed by atoms with Gasteiger partial charge in [0, 0.05) is 18.4 Å². The minimum atomic E-state index is -0.519. The van der Waals surface area contributed by atoms with Gasteiger partial charge in [-0.2, -0.15) is 5.26 Å². The average molecular weight is 348 g/mol. The summed E-state index contributed by atoms with van der Waals surface area (Å²) in [5, 5.41) is 9.59. The van der Waals surface area contributed by atoms with Crippen molar-refractivity contribution in [3.63, 3.8) is 0 Å². The first-order chi connectivity index (χ1) is 12.4. The van der Waals surface area contributed by atoms with Crippen LogP contribution in [0.4, 0.5) is 0 Å². The van der Waals surface area contributed by atoms with Gasteiger partial charge in [-0.05, 0) is 23.1 Å². The number of hydrogen-bond acceptors (Lipinski definition) is 5. The van der Waals surface area contributed by atoms with Gasteiger partial charge in [0.15, 0.2) is 5.78 Å². The summed E-state index contributed by atoms with van der Waals surface area (Å²) < 4.78 is 11.1. The number of benzene rings is 1. The maximum absolute atomic E-state index is 12.8. The Bertz CT molecular complexity index is 893. The molecule has 0 saturated carbocycles. The molecule has 1 aromatic rings. The molecule has 0 bridgehead atoms. The first kappa shape index (κ1) is 17.6. The van der Waals surface area contributed by atoms with E-state index in [0.29, 0.717) is 29.9 Å². The lowest BCUT2D eigenvalue weighted by atomic mass is 9.70. The maximum Gasteiger partial charge on any atom is 0.205 e. The second-order valence-electron chi connectivity index (χ2n) is 7.26. The molecule has 1 aliphatic heterocycles. The van der Waals surface area contributed by atoms with E-state index in [9.17, 15) is 10.1 Å². The third-order valence-electron chi connectivity index (χ3n) is 4.61. The molecule has 2 N–H and O–H groups in total. The van der Waals surface area contributed by atoms with Crippen molar-refractivity contribution in [1.29, 1.82) is 5.26 Å². The third-order valence-corrected chi connectivity index (χ3v) is 4.61. The second kappa shape index (κ2) is 6.61. The Kier molecular flexibility index (Phi) is 4.49. The molecule has 1 aliphatic carbocycles. The zero-order valence-corrected chi connectivity index (χ0v) is 14.8. The van der Waals surface area contributed by atoms with Crippen LogP contribution in [0.15, 0.2) is 47.1 Å². The number of carbonyl (C=O) groups excluding carboxylic acids is 1. The van der Waals surface area contributed by atoms with Gasteiger partial charge in [-0.15, -0.1) is 6.42 Å². The fourth-order valence-corrected chi connectivity index (χ4v) is 3.50. The van der Waals surface area contributed by atoms with Gasteiger partial charge in [0.2, 0.25) is 5.88 Å². The molecule has 0 fully saturated rings. The number of hydrogen-bond donors (Lipinski definition) is 1. The zero-order valence-electron chi connectivity index (χ0n) is 14.8. The molecule has 1 unspecified atom stereocenters. The number of ketones is 1. The topological polar surface area (TPSA) is 85.3 Å². The summed E-state index contributed by atoms with van der Waals surface area (Å²) in [5.41, 5.74) is 7.39. The van der Waals surface area contributed by atoms with Gasteiger partial charge >= 0.3 is 0 Å². The molecule has 0 radical (unpaired) electrons. The molecule has 1 atom stereocenters. The predicted octanol–water partition coefficient (Wildman–Crippen LogP) is 3.15. The molecule has 26 heavy (non-hydrogen) atoms. The highest BCUT2D eigenvalue weighted by atomic mass is 16.5. The molecule has 0 amide bonds. The lowest BCUT2D eigenvalue weighted by molar-refractivity contribution is -0.119. The van der Waals surface area contributed by atoms with E-state index in [2.05, 4.69) is 12.0 Å². The van der Waals surface area contributed by atoms with Crippen LogP contribution in [-0.2, 0) is 9.53 Å². The van der Waals surface area contributed by atoms with E-state index in [1.165, 1.54) is 0 Å². The lowest BCUT2D eigenvalue weighted by Gasteiger charge is -2.37. The number of carbonyl (C=O) groups is 1. The summed E-state index contributed by atoms with van der Waals surface area (Å²) >= 11 is 0. The van der Waals surface area contributed by atoms with Crippen molar-refractivity contribution in [3.8, 4) is 24.2 Å². The number of nitrogens with two attached hydrogens (primary N) is 1. The summed E-state index contributed by atoms with van der Waals surface area (Å²) in [4.78, 5) is 12.8. The molecule has 5 nitrogen and oxygen atoms in total. The van der Waals surface area contributed by atoms with Gasteiger partial charge in [0.05, 0.1) is 5.92 Å². The quantitative estimate of drug-likeness (QED) is 0.848. The lowest BCUT2D eigenvalue weighted by Crippen LogP contribution is -2.33. The summed E-state index contributed by atoms with van der Waals surface area (Å²) in [6.07, 6.45) is 6.21. The third kappa shape index (κ3) is 3.17. The van der Waals surface area contributed by atoms with Crippen molar-refractivity contribution in [2.75, 3.05) is 6.61 Å². The molecule has 0 saturated heterocycles. The van der Waals surface area contributed by atoms with Crippen molar-refractivity contribution in [2.24, 2.45) is 11.1 Å². The van der Waals surface area contributed by atoms with Crippen LogP contribution in [0.25, 0.3) is 0 Å². The average Bonchev–Trinajstić information content (AvgIpc) is 2.58.